The quantitative estimate of drug-likeness (QED) is 0.780. The Hall–Kier alpha value is -2.53. The molecule has 0 aliphatic carbocycles. The van der Waals surface area contributed by atoms with E-state index in [2.05, 4.69) is 40.8 Å². The van der Waals surface area contributed by atoms with Crippen LogP contribution in [0.3, 0.4) is 0 Å². The van der Waals surface area contributed by atoms with Crippen LogP contribution in [0, 0.1) is 0 Å². The third-order valence-electron chi connectivity index (χ3n) is 5.02. The zero-order valence-electron chi connectivity index (χ0n) is 16.3. The molecular formula is C22H26ClN3O2. The maximum absolute atomic E-state index is 12.5. The van der Waals surface area contributed by atoms with E-state index < -0.39 is 0 Å². The first-order valence-electron chi connectivity index (χ1n) is 9.54. The molecule has 148 valence electrons. The molecule has 2 aromatic rings. The minimum absolute atomic E-state index is 0.108. The van der Waals surface area contributed by atoms with Crippen molar-refractivity contribution >= 4 is 29.1 Å². The topological polar surface area (TPSA) is 61.4 Å². The highest BCUT2D eigenvalue weighted by Crippen LogP contribution is 2.27. The predicted octanol–water partition coefficient (Wildman–Crippen LogP) is 3.61. The highest BCUT2D eigenvalue weighted by molar-refractivity contribution is 6.30. The standard InChI is InChI=1S/C22H26ClN3O2/c1-15(27)25-20(17-6-8-19(23)9-7-17)13-22(28)24-14-16-5-10-21-18(12-16)4-3-11-26(21)2/h5-10,12,20H,3-4,11,13-14H2,1-2H3,(H,24,28)(H,25,27). The Kier molecular flexibility index (Phi) is 6.57. The van der Waals surface area contributed by atoms with Gasteiger partial charge in [0.05, 0.1) is 12.5 Å². The van der Waals surface area contributed by atoms with Crippen molar-refractivity contribution < 1.29 is 9.59 Å². The number of amides is 2. The first-order valence-corrected chi connectivity index (χ1v) is 9.92. The maximum atomic E-state index is 12.5. The number of carbonyl (C=O) groups excluding carboxylic acids is 2. The van der Waals surface area contributed by atoms with Gasteiger partial charge in [0.2, 0.25) is 11.8 Å². The van der Waals surface area contributed by atoms with E-state index in [4.69, 9.17) is 11.6 Å². The van der Waals surface area contributed by atoms with Crippen LogP contribution in [0.4, 0.5) is 5.69 Å². The zero-order chi connectivity index (χ0) is 20.1. The fourth-order valence-corrected chi connectivity index (χ4v) is 3.73. The van der Waals surface area contributed by atoms with Crippen molar-refractivity contribution in [1.29, 1.82) is 0 Å². The summed E-state index contributed by atoms with van der Waals surface area (Å²) in [6, 6.07) is 13.2. The molecule has 3 rings (SSSR count). The number of rotatable bonds is 6. The number of hydrogen-bond acceptors (Lipinski definition) is 3. The Morgan fingerprint density at radius 1 is 1.18 bits per heavy atom. The van der Waals surface area contributed by atoms with Gasteiger partial charge in [-0.25, -0.2) is 0 Å². The molecule has 0 saturated heterocycles. The van der Waals surface area contributed by atoms with Crippen molar-refractivity contribution in [3.8, 4) is 0 Å². The predicted molar refractivity (Wildman–Crippen MR) is 113 cm³/mol. The molecule has 1 aliphatic rings. The summed E-state index contributed by atoms with van der Waals surface area (Å²) in [5, 5.41) is 6.43. The summed E-state index contributed by atoms with van der Waals surface area (Å²) in [4.78, 5) is 26.3. The average Bonchev–Trinajstić information content (AvgIpc) is 2.66. The minimum atomic E-state index is -0.382. The third-order valence-corrected chi connectivity index (χ3v) is 5.28. The van der Waals surface area contributed by atoms with Gasteiger partial charge in [0.25, 0.3) is 0 Å². The third kappa shape index (κ3) is 5.26. The van der Waals surface area contributed by atoms with Crippen molar-refractivity contribution in [2.45, 2.75) is 38.8 Å². The lowest BCUT2D eigenvalue weighted by Gasteiger charge is -2.27. The Labute approximate surface area is 171 Å². The van der Waals surface area contributed by atoms with Crippen LogP contribution in [-0.4, -0.2) is 25.4 Å². The molecule has 0 fully saturated rings. The Bertz CT molecular complexity index is 851. The van der Waals surface area contributed by atoms with E-state index in [0.29, 0.717) is 11.6 Å². The van der Waals surface area contributed by atoms with E-state index in [1.165, 1.54) is 18.2 Å². The van der Waals surface area contributed by atoms with Gasteiger partial charge in [0.15, 0.2) is 0 Å². The molecule has 0 saturated carbocycles. The molecule has 1 unspecified atom stereocenters. The number of carbonyl (C=O) groups is 2. The number of hydrogen-bond donors (Lipinski definition) is 2. The Morgan fingerprint density at radius 3 is 2.64 bits per heavy atom. The molecule has 5 nitrogen and oxygen atoms in total. The summed E-state index contributed by atoms with van der Waals surface area (Å²) in [6.45, 7) is 3.01. The molecular weight excluding hydrogens is 374 g/mol. The van der Waals surface area contributed by atoms with Gasteiger partial charge < -0.3 is 15.5 Å². The smallest absolute Gasteiger partial charge is 0.222 e. The first-order chi connectivity index (χ1) is 13.4. The monoisotopic (exact) mass is 399 g/mol. The van der Waals surface area contributed by atoms with E-state index in [0.717, 1.165) is 30.5 Å². The van der Waals surface area contributed by atoms with Crippen molar-refractivity contribution in [1.82, 2.24) is 10.6 Å². The van der Waals surface area contributed by atoms with Gasteiger partial charge in [0.1, 0.15) is 0 Å². The molecule has 0 spiro atoms. The molecule has 2 aromatic carbocycles. The van der Waals surface area contributed by atoms with Crippen LogP contribution in [-0.2, 0) is 22.6 Å². The van der Waals surface area contributed by atoms with Gasteiger partial charge >= 0.3 is 0 Å². The second kappa shape index (κ2) is 9.11. The second-order valence-corrected chi connectivity index (χ2v) is 7.71. The van der Waals surface area contributed by atoms with E-state index in [-0.39, 0.29) is 24.3 Å². The van der Waals surface area contributed by atoms with E-state index >= 15 is 0 Å². The van der Waals surface area contributed by atoms with Crippen molar-refractivity contribution in [2.75, 3.05) is 18.5 Å². The lowest BCUT2D eigenvalue weighted by Crippen LogP contribution is -2.32. The van der Waals surface area contributed by atoms with Crippen molar-refractivity contribution in [3.05, 3.63) is 64.2 Å². The van der Waals surface area contributed by atoms with Crippen LogP contribution in [0.15, 0.2) is 42.5 Å². The molecule has 0 aromatic heterocycles. The molecule has 0 bridgehead atoms. The number of nitrogens with zero attached hydrogens (tertiary/aromatic N) is 1. The summed E-state index contributed by atoms with van der Waals surface area (Å²) in [5.41, 5.74) is 4.55. The van der Waals surface area contributed by atoms with Crippen LogP contribution < -0.4 is 15.5 Å². The lowest BCUT2D eigenvalue weighted by molar-refractivity contribution is -0.122. The van der Waals surface area contributed by atoms with Gasteiger partial charge in [-0.3, -0.25) is 9.59 Å². The van der Waals surface area contributed by atoms with Crippen molar-refractivity contribution in [3.63, 3.8) is 0 Å². The van der Waals surface area contributed by atoms with Crippen LogP contribution in [0.1, 0.15) is 42.5 Å². The largest absolute Gasteiger partial charge is 0.374 e. The normalized spacial score (nSPS) is 14.2. The number of halogens is 1. The average molecular weight is 400 g/mol. The fraction of sp³-hybridized carbons (Fsp3) is 0.364. The van der Waals surface area contributed by atoms with Gasteiger partial charge in [0, 0.05) is 37.8 Å². The van der Waals surface area contributed by atoms with Gasteiger partial charge in [-0.1, -0.05) is 35.9 Å². The zero-order valence-corrected chi connectivity index (χ0v) is 17.1. The van der Waals surface area contributed by atoms with Gasteiger partial charge in [-0.05, 0) is 47.7 Å². The van der Waals surface area contributed by atoms with Crippen molar-refractivity contribution in [2.24, 2.45) is 0 Å². The molecule has 0 radical (unpaired) electrons. The summed E-state index contributed by atoms with van der Waals surface area (Å²) < 4.78 is 0. The van der Waals surface area contributed by atoms with Crippen LogP contribution >= 0.6 is 11.6 Å². The van der Waals surface area contributed by atoms with E-state index in [9.17, 15) is 9.59 Å². The molecule has 1 aliphatic heterocycles. The van der Waals surface area contributed by atoms with Gasteiger partial charge in [-0.2, -0.15) is 0 Å². The van der Waals surface area contributed by atoms with Gasteiger partial charge in [-0.15, -0.1) is 0 Å². The van der Waals surface area contributed by atoms with Crippen LogP contribution in [0.5, 0.6) is 0 Å². The molecule has 1 atom stereocenters. The summed E-state index contributed by atoms with van der Waals surface area (Å²) >= 11 is 5.94. The lowest BCUT2D eigenvalue weighted by atomic mass is 9.99. The van der Waals surface area contributed by atoms with E-state index in [1.807, 2.05) is 12.1 Å². The number of benzene rings is 2. The highest BCUT2D eigenvalue weighted by Gasteiger charge is 2.18. The van der Waals surface area contributed by atoms with Crippen LogP contribution in [0.2, 0.25) is 5.02 Å². The second-order valence-electron chi connectivity index (χ2n) is 7.27. The highest BCUT2D eigenvalue weighted by atomic mass is 35.5. The number of anilines is 1. The Balaban J connectivity index is 1.61. The minimum Gasteiger partial charge on any atom is -0.374 e. The molecule has 2 N–H and O–H groups in total. The fourth-order valence-electron chi connectivity index (χ4n) is 3.60. The van der Waals surface area contributed by atoms with E-state index in [1.54, 1.807) is 12.1 Å². The number of nitrogens with one attached hydrogen (secondary N) is 2. The molecule has 1 heterocycles. The maximum Gasteiger partial charge on any atom is 0.222 e. The molecule has 2 amide bonds. The first kappa shape index (κ1) is 20.2. The van der Waals surface area contributed by atoms with Crippen LogP contribution in [0.25, 0.3) is 0 Å². The number of fused-ring (bicyclic) bond motifs is 1. The summed E-state index contributed by atoms with van der Waals surface area (Å²) in [7, 11) is 2.11. The number of aryl methyl sites for hydroxylation is 1. The summed E-state index contributed by atoms with van der Waals surface area (Å²) in [5.74, 6) is -0.282. The Morgan fingerprint density at radius 2 is 1.93 bits per heavy atom. The molecule has 28 heavy (non-hydrogen) atoms. The summed E-state index contributed by atoms with van der Waals surface area (Å²) in [6.07, 6.45) is 2.40. The SMILES string of the molecule is CC(=O)NC(CC(=O)NCc1ccc2c(c1)CCCN2C)c1ccc(Cl)cc1. The molecule has 6 heteroatoms.